The van der Waals surface area contributed by atoms with Crippen LogP contribution in [0.15, 0.2) is 4.34 Å². The van der Waals surface area contributed by atoms with Crippen molar-refractivity contribution in [2.75, 3.05) is 31.2 Å². The average molecular weight is 374 g/mol. The van der Waals surface area contributed by atoms with Crippen LogP contribution in [-0.2, 0) is 9.53 Å². The summed E-state index contributed by atoms with van der Waals surface area (Å²) in [4.78, 5) is 25.9. The predicted molar refractivity (Wildman–Crippen MR) is 94.7 cm³/mol. The van der Waals surface area contributed by atoms with E-state index in [9.17, 15) is 9.59 Å². The molecule has 1 atom stereocenters. The Labute approximate surface area is 149 Å². The van der Waals surface area contributed by atoms with E-state index in [0.717, 1.165) is 18.2 Å². The quantitative estimate of drug-likeness (QED) is 0.772. The van der Waals surface area contributed by atoms with E-state index in [1.54, 1.807) is 6.92 Å². The first-order valence-corrected chi connectivity index (χ1v) is 9.40. The van der Waals surface area contributed by atoms with E-state index in [4.69, 9.17) is 4.74 Å². The maximum atomic E-state index is 12.1. The highest BCUT2D eigenvalue weighted by atomic mass is 32.2. The van der Waals surface area contributed by atoms with Crippen molar-refractivity contribution < 1.29 is 14.3 Å². The molecule has 1 fully saturated rings. The first-order valence-electron chi connectivity index (χ1n) is 7.70. The number of nitrogens with one attached hydrogen (secondary N) is 2. The number of thioether (sulfide) groups is 1. The Bertz CT molecular complexity index is 581. The summed E-state index contributed by atoms with van der Waals surface area (Å²) in [5, 5.41) is 13.7. The molecule has 0 spiro atoms. The fourth-order valence-corrected chi connectivity index (χ4v) is 3.96. The number of urea groups is 1. The normalized spacial score (nSPS) is 16.6. The summed E-state index contributed by atoms with van der Waals surface area (Å²) in [7, 11) is 0. The number of amides is 3. The molecule has 1 aromatic heterocycles. The van der Waals surface area contributed by atoms with Gasteiger partial charge in [-0.1, -0.05) is 23.1 Å². The number of anilines is 1. The van der Waals surface area contributed by atoms with E-state index in [-0.39, 0.29) is 5.91 Å². The lowest BCUT2D eigenvalue weighted by molar-refractivity contribution is -0.119. The van der Waals surface area contributed by atoms with Gasteiger partial charge in [-0.3, -0.25) is 10.1 Å². The number of ether oxygens (including phenoxy) is 1. The van der Waals surface area contributed by atoms with Gasteiger partial charge in [0.05, 0.1) is 18.5 Å². The van der Waals surface area contributed by atoms with E-state index < -0.39 is 16.8 Å². The van der Waals surface area contributed by atoms with Crippen LogP contribution in [0, 0.1) is 0 Å². The van der Waals surface area contributed by atoms with Gasteiger partial charge in [0.2, 0.25) is 11.0 Å². The van der Waals surface area contributed by atoms with Crippen LogP contribution in [0.2, 0.25) is 0 Å². The maximum absolute atomic E-state index is 12.1. The van der Waals surface area contributed by atoms with E-state index in [1.165, 1.54) is 23.1 Å². The second-order valence-corrected chi connectivity index (χ2v) is 8.95. The number of morpholine rings is 1. The SMILES string of the molecule is C[C@H](Sc1nnc(N2CCOCC2)s1)C(=O)NC(=O)NC(C)(C)C. The molecule has 0 aliphatic carbocycles. The van der Waals surface area contributed by atoms with Crippen LogP contribution >= 0.6 is 23.1 Å². The van der Waals surface area contributed by atoms with E-state index in [0.29, 0.717) is 17.6 Å². The minimum absolute atomic E-state index is 0.357. The zero-order valence-electron chi connectivity index (χ0n) is 14.3. The van der Waals surface area contributed by atoms with Gasteiger partial charge in [-0.2, -0.15) is 0 Å². The van der Waals surface area contributed by atoms with Crippen LogP contribution < -0.4 is 15.5 Å². The molecule has 2 rings (SSSR count). The van der Waals surface area contributed by atoms with E-state index in [1.807, 2.05) is 20.8 Å². The highest BCUT2D eigenvalue weighted by Gasteiger charge is 2.22. The number of carbonyl (C=O) groups is 2. The molecule has 134 valence electrons. The van der Waals surface area contributed by atoms with Gasteiger partial charge in [0, 0.05) is 18.6 Å². The van der Waals surface area contributed by atoms with Crippen LogP contribution in [0.4, 0.5) is 9.93 Å². The Balaban J connectivity index is 1.85. The molecule has 0 unspecified atom stereocenters. The van der Waals surface area contributed by atoms with E-state index >= 15 is 0 Å². The number of nitrogens with zero attached hydrogens (tertiary/aromatic N) is 3. The van der Waals surface area contributed by atoms with Crippen molar-refractivity contribution in [3.05, 3.63) is 0 Å². The Morgan fingerprint density at radius 3 is 2.58 bits per heavy atom. The zero-order valence-corrected chi connectivity index (χ0v) is 15.9. The lowest BCUT2D eigenvalue weighted by Crippen LogP contribution is -2.49. The molecule has 1 aromatic rings. The number of imide groups is 1. The summed E-state index contributed by atoms with van der Waals surface area (Å²) < 4.78 is 6.02. The Kier molecular flexibility index (Phi) is 6.41. The van der Waals surface area contributed by atoms with Crippen molar-refractivity contribution in [1.82, 2.24) is 20.8 Å². The van der Waals surface area contributed by atoms with Crippen molar-refractivity contribution in [2.45, 2.75) is 42.8 Å². The van der Waals surface area contributed by atoms with Gasteiger partial charge >= 0.3 is 6.03 Å². The number of carbonyl (C=O) groups excluding carboxylic acids is 2. The minimum atomic E-state index is -0.494. The van der Waals surface area contributed by atoms with Crippen LogP contribution in [0.5, 0.6) is 0 Å². The molecule has 2 N–H and O–H groups in total. The highest BCUT2D eigenvalue weighted by Crippen LogP contribution is 2.31. The molecule has 1 aliphatic rings. The van der Waals surface area contributed by atoms with Gasteiger partial charge in [-0.15, -0.1) is 10.2 Å². The molecule has 1 aliphatic heterocycles. The lowest BCUT2D eigenvalue weighted by atomic mass is 10.1. The fraction of sp³-hybridized carbons (Fsp3) is 0.714. The molecule has 8 nitrogen and oxygen atoms in total. The number of hydrogen-bond donors (Lipinski definition) is 2. The molecule has 2 heterocycles. The van der Waals surface area contributed by atoms with Gasteiger partial charge in [0.15, 0.2) is 4.34 Å². The molecule has 3 amide bonds. The van der Waals surface area contributed by atoms with Crippen molar-refractivity contribution in [2.24, 2.45) is 0 Å². The second kappa shape index (κ2) is 8.13. The molecular weight excluding hydrogens is 350 g/mol. The topological polar surface area (TPSA) is 96.4 Å². The predicted octanol–water partition coefficient (Wildman–Crippen LogP) is 1.48. The summed E-state index contributed by atoms with van der Waals surface area (Å²) in [6.07, 6.45) is 0. The molecule has 0 radical (unpaired) electrons. The standard InChI is InChI=1S/C14H23N5O3S2/c1-9(10(20)15-11(21)16-14(2,3)4)23-13-18-17-12(24-13)19-5-7-22-8-6-19/h9H,5-8H2,1-4H3,(H2,15,16,20,21)/t9-/m0/s1. The number of hydrogen-bond acceptors (Lipinski definition) is 8. The third kappa shape index (κ3) is 5.91. The molecule has 24 heavy (non-hydrogen) atoms. The highest BCUT2D eigenvalue weighted by molar-refractivity contribution is 8.02. The number of rotatable bonds is 4. The molecule has 1 saturated heterocycles. The smallest absolute Gasteiger partial charge is 0.321 e. The molecule has 0 saturated carbocycles. The average Bonchev–Trinajstić information content (AvgIpc) is 2.94. The van der Waals surface area contributed by atoms with Crippen LogP contribution in [0.3, 0.4) is 0 Å². The van der Waals surface area contributed by atoms with Gasteiger partial charge in [-0.25, -0.2) is 4.79 Å². The van der Waals surface area contributed by atoms with Crippen molar-refractivity contribution in [3.8, 4) is 0 Å². The van der Waals surface area contributed by atoms with Crippen LogP contribution in [0.25, 0.3) is 0 Å². The van der Waals surface area contributed by atoms with Crippen LogP contribution in [0.1, 0.15) is 27.7 Å². The van der Waals surface area contributed by atoms with E-state index in [2.05, 4.69) is 25.7 Å². The van der Waals surface area contributed by atoms with Gasteiger partial charge in [-0.05, 0) is 27.7 Å². The molecule has 0 aromatic carbocycles. The monoisotopic (exact) mass is 373 g/mol. The molecular formula is C14H23N5O3S2. The lowest BCUT2D eigenvalue weighted by Gasteiger charge is -2.25. The largest absolute Gasteiger partial charge is 0.378 e. The maximum Gasteiger partial charge on any atom is 0.321 e. The Hall–Kier alpha value is -1.39. The summed E-state index contributed by atoms with van der Waals surface area (Å²) in [5.74, 6) is -0.357. The van der Waals surface area contributed by atoms with Gasteiger partial charge < -0.3 is 15.0 Å². The molecule has 0 bridgehead atoms. The van der Waals surface area contributed by atoms with Crippen LogP contribution in [-0.4, -0.2) is 59.2 Å². The molecule has 10 heteroatoms. The minimum Gasteiger partial charge on any atom is -0.378 e. The third-order valence-electron chi connectivity index (χ3n) is 3.05. The summed E-state index contributed by atoms with van der Waals surface area (Å²) in [5.41, 5.74) is -0.396. The Morgan fingerprint density at radius 1 is 1.29 bits per heavy atom. The number of aromatic nitrogens is 2. The summed E-state index contributed by atoms with van der Waals surface area (Å²) >= 11 is 2.74. The zero-order chi connectivity index (χ0) is 17.7. The first-order chi connectivity index (χ1) is 11.2. The summed E-state index contributed by atoms with van der Waals surface area (Å²) in [6, 6.07) is -0.494. The first kappa shape index (κ1) is 18.9. The van der Waals surface area contributed by atoms with Gasteiger partial charge in [0.25, 0.3) is 0 Å². The van der Waals surface area contributed by atoms with Gasteiger partial charge in [0.1, 0.15) is 0 Å². The van der Waals surface area contributed by atoms with Crippen molar-refractivity contribution in [1.29, 1.82) is 0 Å². The van der Waals surface area contributed by atoms with Crippen molar-refractivity contribution in [3.63, 3.8) is 0 Å². The summed E-state index contributed by atoms with van der Waals surface area (Å²) in [6.45, 7) is 10.2. The second-order valence-electron chi connectivity index (χ2n) is 6.40. The Morgan fingerprint density at radius 2 is 1.96 bits per heavy atom. The van der Waals surface area contributed by atoms with Crippen molar-refractivity contribution >= 4 is 40.2 Å². The fourth-order valence-electron chi connectivity index (χ4n) is 1.92. The third-order valence-corrected chi connectivity index (χ3v) is 5.22.